The average molecular weight is 346 g/mol. The molecule has 3 aromatic carbocycles. The molecule has 0 fully saturated rings. The van der Waals surface area contributed by atoms with Gasteiger partial charge in [0.2, 0.25) is 0 Å². The van der Waals surface area contributed by atoms with Gasteiger partial charge in [-0.3, -0.25) is 9.59 Å². The van der Waals surface area contributed by atoms with Crippen LogP contribution in [0.5, 0.6) is 23.0 Å². The summed E-state index contributed by atoms with van der Waals surface area (Å²) in [5.74, 6) is 2.13. The molecule has 0 saturated heterocycles. The van der Waals surface area contributed by atoms with E-state index >= 15 is 0 Å². The molecule has 0 spiro atoms. The lowest BCUT2D eigenvalue weighted by Gasteiger charge is -2.14. The van der Waals surface area contributed by atoms with Gasteiger partial charge in [-0.05, 0) is 42.3 Å². The van der Waals surface area contributed by atoms with Gasteiger partial charge in [-0.25, -0.2) is 0 Å². The first-order valence-corrected chi connectivity index (χ1v) is 8.32. The highest BCUT2D eigenvalue weighted by Crippen LogP contribution is 2.33. The zero-order valence-electron chi connectivity index (χ0n) is 14.3. The molecule has 0 aromatic heterocycles. The topological polar surface area (TPSA) is 52.6 Å². The second kappa shape index (κ2) is 8.12. The maximum absolute atomic E-state index is 11.2. The van der Waals surface area contributed by atoms with Gasteiger partial charge < -0.3 is 9.47 Å². The zero-order valence-corrected chi connectivity index (χ0v) is 14.3. The van der Waals surface area contributed by atoms with Crippen molar-refractivity contribution in [1.82, 2.24) is 0 Å². The maximum atomic E-state index is 11.2. The molecular formula is C22H18O4. The van der Waals surface area contributed by atoms with Crippen LogP contribution in [-0.2, 0) is 6.42 Å². The van der Waals surface area contributed by atoms with E-state index in [-0.39, 0.29) is 0 Å². The number of para-hydroxylation sites is 2. The third-order valence-electron chi connectivity index (χ3n) is 3.96. The Morgan fingerprint density at radius 2 is 1.31 bits per heavy atom. The van der Waals surface area contributed by atoms with Crippen molar-refractivity contribution in [2.75, 3.05) is 0 Å². The van der Waals surface area contributed by atoms with Crippen LogP contribution in [0, 0.1) is 0 Å². The zero-order chi connectivity index (χ0) is 18.4. The number of hydrogen-bond acceptors (Lipinski definition) is 4. The Balaban J connectivity index is 1.94. The van der Waals surface area contributed by atoms with Gasteiger partial charge in [0.1, 0.15) is 23.0 Å². The second-order valence-electron chi connectivity index (χ2n) is 5.64. The third-order valence-corrected chi connectivity index (χ3v) is 3.96. The highest BCUT2D eigenvalue weighted by molar-refractivity contribution is 5.80. The van der Waals surface area contributed by atoms with Crippen LogP contribution in [0.2, 0.25) is 0 Å². The van der Waals surface area contributed by atoms with Crippen LogP contribution in [0.3, 0.4) is 0 Å². The Labute approximate surface area is 152 Å². The van der Waals surface area contributed by atoms with E-state index in [2.05, 4.69) is 0 Å². The van der Waals surface area contributed by atoms with E-state index in [1.54, 1.807) is 48.5 Å². The first-order valence-electron chi connectivity index (χ1n) is 8.32. The van der Waals surface area contributed by atoms with Gasteiger partial charge in [0, 0.05) is 6.07 Å². The third kappa shape index (κ3) is 3.81. The summed E-state index contributed by atoms with van der Waals surface area (Å²) in [5, 5.41) is 0. The van der Waals surface area contributed by atoms with Gasteiger partial charge in [-0.1, -0.05) is 37.3 Å². The van der Waals surface area contributed by atoms with Gasteiger partial charge in [0.15, 0.2) is 12.6 Å². The SMILES string of the molecule is CCc1ccc(Oc2ccccc2C=O)cc1Oc1ccccc1C=O. The monoisotopic (exact) mass is 346 g/mol. The fourth-order valence-corrected chi connectivity index (χ4v) is 2.57. The molecule has 0 amide bonds. The number of hydrogen-bond donors (Lipinski definition) is 0. The summed E-state index contributed by atoms with van der Waals surface area (Å²) in [5.41, 5.74) is 1.94. The van der Waals surface area contributed by atoms with Crippen molar-refractivity contribution in [3.63, 3.8) is 0 Å². The fraction of sp³-hybridized carbons (Fsp3) is 0.0909. The molecular weight excluding hydrogens is 328 g/mol. The quantitative estimate of drug-likeness (QED) is 0.533. The molecule has 0 unspecified atom stereocenters. The van der Waals surface area contributed by atoms with E-state index in [1.165, 1.54) is 0 Å². The minimum Gasteiger partial charge on any atom is -0.456 e. The molecule has 0 aliphatic heterocycles. The van der Waals surface area contributed by atoms with E-state index in [0.29, 0.717) is 34.1 Å². The van der Waals surface area contributed by atoms with Crippen molar-refractivity contribution >= 4 is 12.6 Å². The first-order chi connectivity index (χ1) is 12.7. The molecule has 26 heavy (non-hydrogen) atoms. The molecule has 0 heterocycles. The van der Waals surface area contributed by atoms with Crippen molar-refractivity contribution in [3.05, 3.63) is 83.4 Å². The van der Waals surface area contributed by atoms with Crippen LogP contribution in [-0.4, -0.2) is 12.6 Å². The van der Waals surface area contributed by atoms with Crippen LogP contribution in [0.4, 0.5) is 0 Å². The van der Waals surface area contributed by atoms with E-state index in [0.717, 1.165) is 24.6 Å². The van der Waals surface area contributed by atoms with E-state index in [1.807, 2.05) is 25.1 Å². The lowest BCUT2D eigenvalue weighted by molar-refractivity contribution is 0.111. The van der Waals surface area contributed by atoms with Crippen molar-refractivity contribution in [2.45, 2.75) is 13.3 Å². The molecule has 0 aliphatic rings. The summed E-state index contributed by atoms with van der Waals surface area (Å²) in [6.07, 6.45) is 2.29. The van der Waals surface area contributed by atoms with Crippen LogP contribution < -0.4 is 9.47 Å². The van der Waals surface area contributed by atoms with Crippen molar-refractivity contribution < 1.29 is 19.1 Å². The largest absolute Gasteiger partial charge is 0.456 e. The number of aryl methyl sites for hydroxylation is 1. The normalized spacial score (nSPS) is 10.2. The van der Waals surface area contributed by atoms with Crippen LogP contribution in [0.25, 0.3) is 0 Å². The number of ether oxygens (including phenoxy) is 2. The predicted molar refractivity (Wildman–Crippen MR) is 99.6 cm³/mol. The molecule has 4 heteroatoms. The lowest BCUT2D eigenvalue weighted by Crippen LogP contribution is -1.95. The molecule has 3 rings (SSSR count). The van der Waals surface area contributed by atoms with Gasteiger partial charge in [-0.2, -0.15) is 0 Å². The Bertz CT molecular complexity index is 931. The van der Waals surface area contributed by atoms with Crippen LogP contribution in [0.1, 0.15) is 33.2 Å². The molecule has 4 nitrogen and oxygen atoms in total. The summed E-state index contributed by atoms with van der Waals surface area (Å²) >= 11 is 0. The average Bonchev–Trinajstić information content (AvgIpc) is 2.69. The minimum absolute atomic E-state index is 0.473. The predicted octanol–water partition coefficient (Wildman–Crippen LogP) is 5.46. The van der Waals surface area contributed by atoms with Crippen molar-refractivity contribution in [2.24, 2.45) is 0 Å². The maximum Gasteiger partial charge on any atom is 0.153 e. The Hall–Kier alpha value is -3.40. The van der Waals surface area contributed by atoms with Gasteiger partial charge >= 0.3 is 0 Å². The van der Waals surface area contributed by atoms with E-state index in [9.17, 15) is 9.59 Å². The number of carbonyl (C=O) groups is 2. The Morgan fingerprint density at radius 1 is 0.731 bits per heavy atom. The molecule has 0 N–H and O–H groups in total. The summed E-state index contributed by atoms with van der Waals surface area (Å²) in [4.78, 5) is 22.4. The standard InChI is InChI=1S/C22H18O4/c1-2-16-11-12-19(25-20-9-5-3-7-17(20)14-23)13-22(16)26-21-10-6-4-8-18(21)15-24/h3-15H,2H2,1H3. The summed E-state index contributed by atoms with van der Waals surface area (Å²) < 4.78 is 11.8. The number of benzene rings is 3. The molecule has 0 atom stereocenters. The first kappa shape index (κ1) is 17.4. The fourth-order valence-electron chi connectivity index (χ4n) is 2.57. The molecule has 0 radical (unpaired) electrons. The van der Waals surface area contributed by atoms with Crippen molar-refractivity contribution in [3.8, 4) is 23.0 Å². The van der Waals surface area contributed by atoms with Crippen molar-refractivity contribution in [1.29, 1.82) is 0 Å². The smallest absolute Gasteiger partial charge is 0.153 e. The molecule has 0 saturated carbocycles. The summed E-state index contributed by atoms with van der Waals surface area (Å²) in [6.45, 7) is 2.02. The molecule has 0 bridgehead atoms. The van der Waals surface area contributed by atoms with Crippen LogP contribution in [0.15, 0.2) is 66.7 Å². The number of aldehydes is 2. The number of rotatable bonds is 7. The minimum atomic E-state index is 0.473. The second-order valence-corrected chi connectivity index (χ2v) is 5.64. The van der Waals surface area contributed by atoms with Crippen LogP contribution >= 0.6 is 0 Å². The Morgan fingerprint density at radius 3 is 1.88 bits per heavy atom. The molecule has 0 aliphatic carbocycles. The number of carbonyl (C=O) groups excluding carboxylic acids is 2. The van der Waals surface area contributed by atoms with E-state index < -0.39 is 0 Å². The lowest BCUT2D eigenvalue weighted by atomic mass is 10.1. The van der Waals surface area contributed by atoms with Gasteiger partial charge in [-0.15, -0.1) is 0 Å². The van der Waals surface area contributed by atoms with Gasteiger partial charge in [0.05, 0.1) is 11.1 Å². The molecule has 130 valence electrons. The van der Waals surface area contributed by atoms with Gasteiger partial charge in [0.25, 0.3) is 0 Å². The Kier molecular flexibility index (Phi) is 5.44. The molecule has 3 aromatic rings. The van der Waals surface area contributed by atoms with E-state index in [4.69, 9.17) is 9.47 Å². The highest BCUT2D eigenvalue weighted by atomic mass is 16.5. The summed E-state index contributed by atoms with van der Waals surface area (Å²) in [7, 11) is 0. The summed E-state index contributed by atoms with van der Waals surface area (Å²) in [6, 6.07) is 19.6. The highest BCUT2D eigenvalue weighted by Gasteiger charge is 2.10.